The minimum absolute atomic E-state index is 0.186. The summed E-state index contributed by atoms with van der Waals surface area (Å²) >= 11 is 0. The van der Waals surface area contributed by atoms with Gasteiger partial charge in [-0.25, -0.2) is 4.99 Å². The highest BCUT2D eigenvalue weighted by Crippen LogP contribution is 2.12. The van der Waals surface area contributed by atoms with Crippen LogP contribution in [0.1, 0.15) is 18.1 Å². The number of nitrogens with zero attached hydrogens (tertiary/aromatic N) is 2. The van der Waals surface area contributed by atoms with Crippen LogP contribution in [0.15, 0.2) is 48.1 Å². The molecule has 0 spiro atoms. The Kier molecular flexibility index (Phi) is 4.23. The minimum Gasteiger partial charge on any atom is -0.246 e. The molecule has 0 atom stereocenters. The Morgan fingerprint density at radius 2 is 2.00 bits per heavy atom. The van der Waals surface area contributed by atoms with E-state index in [2.05, 4.69) is 37.2 Å². The van der Waals surface area contributed by atoms with Gasteiger partial charge in [0, 0.05) is 6.21 Å². The molecule has 2 nitrogen and oxygen atoms in total. The van der Waals surface area contributed by atoms with Crippen molar-refractivity contribution < 1.29 is 0 Å². The molecule has 0 N–H and O–H groups in total. The minimum atomic E-state index is 0.186. The van der Waals surface area contributed by atoms with E-state index in [-0.39, 0.29) is 5.70 Å². The lowest BCUT2D eigenvalue weighted by atomic mass is 10.1. The first kappa shape index (κ1) is 11.9. The molecule has 1 aromatic rings. The van der Waals surface area contributed by atoms with Gasteiger partial charge in [0.25, 0.3) is 0 Å². The normalized spacial score (nSPS) is 10.0. The second-order valence-electron chi connectivity index (χ2n) is 3.39. The zero-order valence-corrected chi connectivity index (χ0v) is 9.40. The molecule has 0 saturated carbocycles. The Morgan fingerprint density at radius 1 is 1.38 bits per heavy atom. The van der Waals surface area contributed by atoms with Gasteiger partial charge in [-0.2, -0.15) is 5.26 Å². The average molecular weight is 210 g/mol. The molecule has 2 heteroatoms. The van der Waals surface area contributed by atoms with E-state index in [1.54, 1.807) is 6.21 Å². The van der Waals surface area contributed by atoms with Crippen molar-refractivity contribution >= 4 is 11.8 Å². The molecule has 16 heavy (non-hydrogen) atoms. The molecule has 1 rings (SSSR count). The van der Waals surface area contributed by atoms with Gasteiger partial charge in [-0.15, -0.1) is 0 Å². The van der Waals surface area contributed by atoms with Gasteiger partial charge in [0.15, 0.2) is 0 Å². The predicted octanol–water partition coefficient (Wildman–Crippen LogP) is 3.37. The maximum Gasteiger partial charge on any atom is 0.133 e. The molecule has 0 fully saturated rings. The van der Waals surface area contributed by atoms with Gasteiger partial charge >= 0.3 is 0 Å². The van der Waals surface area contributed by atoms with Crippen LogP contribution in [0.2, 0.25) is 0 Å². The lowest BCUT2D eigenvalue weighted by molar-refractivity contribution is 1.14. The van der Waals surface area contributed by atoms with Crippen LogP contribution in [0.4, 0.5) is 0 Å². The molecule has 0 radical (unpaired) electrons. The molecular formula is C14H14N2. The van der Waals surface area contributed by atoms with Crippen molar-refractivity contribution in [3.8, 4) is 6.07 Å². The fourth-order valence-corrected chi connectivity index (χ4v) is 1.21. The highest BCUT2D eigenvalue weighted by atomic mass is 14.7. The van der Waals surface area contributed by atoms with Crippen molar-refractivity contribution in [2.75, 3.05) is 0 Å². The van der Waals surface area contributed by atoms with E-state index in [4.69, 9.17) is 5.26 Å². The molecule has 80 valence electrons. The van der Waals surface area contributed by atoms with Crippen molar-refractivity contribution in [1.82, 2.24) is 0 Å². The largest absolute Gasteiger partial charge is 0.246 e. The average Bonchev–Trinajstić information content (AvgIpc) is 2.35. The third-order valence-electron chi connectivity index (χ3n) is 2.24. The molecule has 0 aliphatic heterocycles. The third-order valence-corrected chi connectivity index (χ3v) is 2.24. The highest BCUT2D eigenvalue weighted by Gasteiger charge is 1.96. The van der Waals surface area contributed by atoms with Crippen molar-refractivity contribution in [3.05, 3.63) is 54.2 Å². The van der Waals surface area contributed by atoms with Crippen LogP contribution in [0.3, 0.4) is 0 Å². The van der Waals surface area contributed by atoms with E-state index < -0.39 is 0 Å². The molecule has 0 bridgehead atoms. The summed E-state index contributed by atoms with van der Waals surface area (Å²) in [6.45, 7) is 9.47. The molecule has 0 saturated heterocycles. The van der Waals surface area contributed by atoms with Crippen molar-refractivity contribution in [2.45, 2.75) is 13.3 Å². The monoisotopic (exact) mass is 210 g/mol. The molecule has 0 heterocycles. The number of aryl methyl sites for hydroxylation is 1. The standard InChI is InChI=1S/C14H14N2/c1-4-13-5-7-14(8-6-13)11(2)10-16-12(3)9-15/h5-8,10H,2-4H2,1H3. The first-order valence-corrected chi connectivity index (χ1v) is 5.08. The second kappa shape index (κ2) is 5.67. The van der Waals surface area contributed by atoms with E-state index in [1.807, 2.05) is 18.2 Å². The third kappa shape index (κ3) is 3.21. The Hall–Kier alpha value is -2.14. The maximum atomic E-state index is 8.49. The van der Waals surface area contributed by atoms with Gasteiger partial charge in [-0.05, 0) is 23.1 Å². The molecule has 0 unspecified atom stereocenters. The SMILES string of the molecule is C=C(C#N)N=CC(=C)c1ccc(CC)cc1. The number of hydrogen-bond donors (Lipinski definition) is 0. The Morgan fingerprint density at radius 3 is 2.50 bits per heavy atom. The summed E-state index contributed by atoms with van der Waals surface area (Å²) < 4.78 is 0. The molecule has 0 amide bonds. The quantitative estimate of drug-likeness (QED) is 0.554. The fraction of sp³-hybridized carbons (Fsp3) is 0.143. The number of aliphatic imine (C=N–C) groups is 1. The molecule has 0 aromatic heterocycles. The van der Waals surface area contributed by atoms with Gasteiger partial charge in [-0.1, -0.05) is 44.3 Å². The van der Waals surface area contributed by atoms with Gasteiger partial charge in [0.05, 0.1) is 0 Å². The smallest absolute Gasteiger partial charge is 0.133 e. The van der Waals surface area contributed by atoms with E-state index in [9.17, 15) is 0 Å². The van der Waals surface area contributed by atoms with Crippen LogP contribution in [-0.2, 0) is 6.42 Å². The Labute approximate surface area is 96.3 Å². The van der Waals surface area contributed by atoms with Gasteiger partial charge in [0.2, 0.25) is 0 Å². The van der Waals surface area contributed by atoms with Crippen LogP contribution in [0.5, 0.6) is 0 Å². The maximum absolute atomic E-state index is 8.49. The topological polar surface area (TPSA) is 36.1 Å². The van der Waals surface area contributed by atoms with Crippen molar-refractivity contribution in [1.29, 1.82) is 5.26 Å². The summed E-state index contributed by atoms with van der Waals surface area (Å²) in [5.41, 5.74) is 3.26. The van der Waals surface area contributed by atoms with Gasteiger partial charge in [-0.3, -0.25) is 0 Å². The zero-order valence-electron chi connectivity index (χ0n) is 9.40. The first-order valence-electron chi connectivity index (χ1n) is 5.08. The van der Waals surface area contributed by atoms with Crippen LogP contribution in [-0.4, -0.2) is 6.21 Å². The fourth-order valence-electron chi connectivity index (χ4n) is 1.21. The summed E-state index contributed by atoms with van der Waals surface area (Å²) in [6, 6.07) is 9.99. The Bertz CT molecular complexity index is 459. The number of hydrogen-bond acceptors (Lipinski definition) is 2. The number of benzene rings is 1. The summed E-state index contributed by atoms with van der Waals surface area (Å²) in [5.74, 6) is 0. The van der Waals surface area contributed by atoms with E-state index in [0.717, 1.165) is 17.6 Å². The highest BCUT2D eigenvalue weighted by molar-refractivity contribution is 6.09. The summed E-state index contributed by atoms with van der Waals surface area (Å²) in [7, 11) is 0. The van der Waals surface area contributed by atoms with Crippen molar-refractivity contribution in [3.63, 3.8) is 0 Å². The number of nitriles is 1. The van der Waals surface area contributed by atoms with Crippen LogP contribution in [0.25, 0.3) is 5.57 Å². The number of allylic oxidation sites excluding steroid dienone is 2. The van der Waals surface area contributed by atoms with E-state index >= 15 is 0 Å². The van der Waals surface area contributed by atoms with E-state index in [1.165, 1.54) is 5.56 Å². The second-order valence-corrected chi connectivity index (χ2v) is 3.39. The Balaban J connectivity index is 2.78. The molecule has 0 aliphatic carbocycles. The summed E-state index contributed by atoms with van der Waals surface area (Å²) in [4.78, 5) is 3.88. The summed E-state index contributed by atoms with van der Waals surface area (Å²) in [5, 5.41) is 8.49. The predicted molar refractivity (Wildman–Crippen MR) is 68.1 cm³/mol. The van der Waals surface area contributed by atoms with Crippen molar-refractivity contribution in [2.24, 2.45) is 4.99 Å². The zero-order chi connectivity index (χ0) is 12.0. The first-order chi connectivity index (χ1) is 7.67. The lowest BCUT2D eigenvalue weighted by Gasteiger charge is -2.01. The summed E-state index contributed by atoms with van der Waals surface area (Å²) in [6.07, 6.45) is 2.58. The molecular weight excluding hydrogens is 196 g/mol. The van der Waals surface area contributed by atoms with Crippen LogP contribution < -0.4 is 0 Å². The van der Waals surface area contributed by atoms with E-state index in [0.29, 0.717) is 0 Å². The lowest BCUT2D eigenvalue weighted by Crippen LogP contribution is -1.86. The molecule has 1 aromatic carbocycles. The molecule has 0 aliphatic rings. The van der Waals surface area contributed by atoms with Gasteiger partial charge in [0.1, 0.15) is 11.8 Å². The van der Waals surface area contributed by atoms with Crippen LogP contribution in [0, 0.1) is 11.3 Å². The number of rotatable bonds is 4. The van der Waals surface area contributed by atoms with Crippen LogP contribution >= 0.6 is 0 Å². The van der Waals surface area contributed by atoms with Gasteiger partial charge < -0.3 is 0 Å².